The lowest BCUT2D eigenvalue weighted by molar-refractivity contribution is 0.0915. The van der Waals surface area contributed by atoms with Crippen LogP contribution in [0.15, 0.2) is 24.4 Å². The first-order valence-corrected chi connectivity index (χ1v) is 8.15. The van der Waals surface area contributed by atoms with Crippen LogP contribution in [0.1, 0.15) is 23.7 Å². The molecule has 0 radical (unpaired) electrons. The summed E-state index contributed by atoms with van der Waals surface area (Å²) < 4.78 is 23.1. The molecule has 2 heterocycles. The van der Waals surface area contributed by atoms with Gasteiger partial charge in [0.25, 0.3) is 5.91 Å². The third kappa shape index (κ3) is 2.40. The number of carbonyl (C=O) groups excluding carboxylic acids is 1. The Bertz CT molecular complexity index is 781. The third-order valence-corrected chi connectivity index (χ3v) is 5.53. The largest absolute Gasteiger partial charge is 0.346 e. The summed E-state index contributed by atoms with van der Waals surface area (Å²) in [6.45, 7) is 1.77. The lowest BCUT2D eigenvalue weighted by Gasteiger charge is -2.23. The Hall–Kier alpha value is -1.89. The van der Waals surface area contributed by atoms with Gasteiger partial charge in [-0.3, -0.25) is 9.89 Å². The first-order chi connectivity index (χ1) is 9.37. The standard InChI is InChI=1S/C13H15N3O3S/c1-13(4-5-20(18,19)8-13)15-12(17)9-2-3-10-7-14-16-11(10)6-9/h2-3,6-7H,4-5,8H2,1H3,(H,14,16)(H,15,17). The normalized spacial score (nSPS) is 24.9. The van der Waals surface area contributed by atoms with E-state index < -0.39 is 15.4 Å². The van der Waals surface area contributed by atoms with Gasteiger partial charge >= 0.3 is 0 Å². The topological polar surface area (TPSA) is 91.9 Å². The van der Waals surface area contributed by atoms with Crippen molar-refractivity contribution >= 4 is 26.6 Å². The highest BCUT2D eigenvalue weighted by atomic mass is 32.2. The molecule has 3 rings (SSSR count). The van der Waals surface area contributed by atoms with Gasteiger partial charge in [-0.1, -0.05) is 6.07 Å². The molecule has 1 aromatic heterocycles. The van der Waals surface area contributed by atoms with Crippen molar-refractivity contribution in [1.29, 1.82) is 0 Å². The Morgan fingerprint density at radius 3 is 2.95 bits per heavy atom. The summed E-state index contributed by atoms with van der Waals surface area (Å²) in [5.74, 6) is -0.136. The van der Waals surface area contributed by atoms with Crippen LogP contribution in [-0.4, -0.2) is 41.6 Å². The predicted molar refractivity (Wildman–Crippen MR) is 75.2 cm³/mol. The van der Waals surface area contributed by atoms with E-state index in [0.29, 0.717) is 12.0 Å². The van der Waals surface area contributed by atoms with Gasteiger partial charge in [0.05, 0.1) is 28.8 Å². The molecular weight excluding hydrogens is 278 g/mol. The second-order valence-corrected chi connectivity index (χ2v) is 7.71. The van der Waals surface area contributed by atoms with Crippen molar-refractivity contribution < 1.29 is 13.2 Å². The molecule has 1 saturated heterocycles. The van der Waals surface area contributed by atoms with Gasteiger partial charge < -0.3 is 5.32 Å². The highest BCUT2D eigenvalue weighted by molar-refractivity contribution is 7.91. The van der Waals surface area contributed by atoms with Crippen LogP contribution >= 0.6 is 0 Å². The summed E-state index contributed by atoms with van der Waals surface area (Å²) in [6, 6.07) is 5.23. The molecular formula is C13H15N3O3S. The van der Waals surface area contributed by atoms with Crippen LogP contribution in [0, 0.1) is 0 Å². The fourth-order valence-corrected chi connectivity index (χ4v) is 4.63. The van der Waals surface area contributed by atoms with E-state index in [1.807, 2.05) is 6.07 Å². The van der Waals surface area contributed by atoms with E-state index in [2.05, 4.69) is 15.5 Å². The summed E-state index contributed by atoms with van der Waals surface area (Å²) in [4.78, 5) is 12.2. The van der Waals surface area contributed by atoms with Gasteiger partial charge in [0.15, 0.2) is 9.84 Å². The molecule has 1 atom stereocenters. The zero-order valence-electron chi connectivity index (χ0n) is 11.0. The first kappa shape index (κ1) is 13.1. The number of nitrogens with zero attached hydrogens (tertiary/aromatic N) is 1. The monoisotopic (exact) mass is 293 g/mol. The molecule has 0 bridgehead atoms. The Kier molecular flexibility index (Phi) is 2.82. The molecule has 2 N–H and O–H groups in total. The number of aromatic nitrogens is 2. The van der Waals surface area contributed by atoms with Crippen LogP contribution < -0.4 is 5.32 Å². The van der Waals surface area contributed by atoms with Crippen molar-refractivity contribution in [2.24, 2.45) is 0 Å². The molecule has 1 unspecified atom stereocenters. The van der Waals surface area contributed by atoms with E-state index in [-0.39, 0.29) is 17.4 Å². The zero-order valence-corrected chi connectivity index (χ0v) is 11.8. The van der Waals surface area contributed by atoms with Gasteiger partial charge in [-0.2, -0.15) is 5.10 Å². The van der Waals surface area contributed by atoms with E-state index in [1.54, 1.807) is 25.3 Å². The van der Waals surface area contributed by atoms with Gasteiger partial charge in [0.1, 0.15) is 0 Å². The third-order valence-electron chi connectivity index (χ3n) is 3.62. The molecule has 0 aliphatic carbocycles. The van der Waals surface area contributed by atoms with Crippen LogP contribution in [0.2, 0.25) is 0 Å². The Labute approximate surface area is 116 Å². The lowest BCUT2D eigenvalue weighted by atomic mass is 10.0. The highest BCUT2D eigenvalue weighted by Gasteiger charge is 2.39. The molecule has 106 valence electrons. The molecule has 1 aliphatic heterocycles. The van der Waals surface area contributed by atoms with Crippen LogP contribution in [0.4, 0.5) is 0 Å². The van der Waals surface area contributed by atoms with Gasteiger partial charge in [-0.25, -0.2) is 8.42 Å². The van der Waals surface area contributed by atoms with Crippen molar-refractivity contribution in [3.63, 3.8) is 0 Å². The summed E-state index contributed by atoms with van der Waals surface area (Å²) in [5.41, 5.74) is 0.591. The average molecular weight is 293 g/mol. The van der Waals surface area contributed by atoms with Gasteiger partial charge in [-0.05, 0) is 25.5 Å². The molecule has 20 heavy (non-hydrogen) atoms. The molecule has 1 aliphatic rings. The minimum Gasteiger partial charge on any atom is -0.346 e. The van der Waals surface area contributed by atoms with Gasteiger partial charge in [0, 0.05) is 10.9 Å². The van der Waals surface area contributed by atoms with Crippen LogP contribution in [0.5, 0.6) is 0 Å². The highest BCUT2D eigenvalue weighted by Crippen LogP contribution is 2.23. The minimum atomic E-state index is -3.04. The van der Waals surface area contributed by atoms with Crippen molar-refractivity contribution in [1.82, 2.24) is 15.5 Å². The van der Waals surface area contributed by atoms with E-state index in [9.17, 15) is 13.2 Å². The minimum absolute atomic E-state index is 0.00194. The molecule has 1 aromatic carbocycles. The quantitative estimate of drug-likeness (QED) is 0.859. The van der Waals surface area contributed by atoms with Crippen LogP contribution in [0.25, 0.3) is 10.9 Å². The number of benzene rings is 1. The number of nitrogens with one attached hydrogen (secondary N) is 2. The number of hydrogen-bond acceptors (Lipinski definition) is 4. The van der Waals surface area contributed by atoms with Crippen molar-refractivity contribution in [2.45, 2.75) is 18.9 Å². The fraction of sp³-hybridized carbons (Fsp3) is 0.385. The second kappa shape index (κ2) is 4.31. The summed E-state index contributed by atoms with van der Waals surface area (Å²) in [5, 5.41) is 10.5. The van der Waals surface area contributed by atoms with Crippen LogP contribution in [-0.2, 0) is 9.84 Å². The molecule has 7 heteroatoms. The fourth-order valence-electron chi connectivity index (χ4n) is 2.53. The number of rotatable bonds is 2. The lowest BCUT2D eigenvalue weighted by Crippen LogP contribution is -2.46. The zero-order chi connectivity index (χ0) is 14.4. The summed E-state index contributed by atoms with van der Waals surface area (Å²) >= 11 is 0. The number of fused-ring (bicyclic) bond motifs is 1. The Balaban J connectivity index is 1.82. The maximum atomic E-state index is 12.2. The summed E-state index contributed by atoms with van der Waals surface area (Å²) in [7, 11) is -3.04. The molecule has 2 aromatic rings. The van der Waals surface area contributed by atoms with Crippen molar-refractivity contribution in [2.75, 3.05) is 11.5 Å². The van der Waals surface area contributed by atoms with Crippen LogP contribution in [0.3, 0.4) is 0 Å². The number of carbonyl (C=O) groups is 1. The maximum absolute atomic E-state index is 12.2. The van der Waals surface area contributed by atoms with E-state index >= 15 is 0 Å². The number of hydrogen-bond donors (Lipinski definition) is 2. The molecule has 0 saturated carbocycles. The first-order valence-electron chi connectivity index (χ1n) is 6.33. The smallest absolute Gasteiger partial charge is 0.251 e. The number of amides is 1. The SMILES string of the molecule is CC1(NC(=O)c2ccc3cn[nH]c3c2)CCS(=O)(=O)C1. The van der Waals surface area contributed by atoms with Crippen molar-refractivity contribution in [3.05, 3.63) is 30.0 Å². The van der Waals surface area contributed by atoms with Crippen molar-refractivity contribution in [3.8, 4) is 0 Å². The average Bonchev–Trinajstić information content (AvgIpc) is 2.92. The molecule has 1 amide bonds. The summed E-state index contributed by atoms with van der Waals surface area (Å²) in [6.07, 6.45) is 2.13. The number of H-pyrrole nitrogens is 1. The maximum Gasteiger partial charge on any atom is 0.251 e. The van der Waals surface area contributed by atoms with E-state index in [1.165, 1.54) is 0 Å². The number of aromatic amines is 1. The second-order valence-electron chi connectivity index (χ2n) is 5.53. The molecule has 6 nitrogen and oxygen atoms in total. The molecule has 1 fully saturated rings. The Morgan fingerprint density at radius 2 is 2.25 bits per heavy atom. The number of sulfone groups is 1. The molecule has 0 spiro atoms. The van der Waals surface area contributed by atoms with Gasteiger partial charge in [0.2, 0.25) is 0 Å². The van der Waals surface area contributed by atoms with Gasteiger partial charge in [-0.15, -0.1) is 0 Å². The van der Waals surface area contributed by atoms with E-state index in [0.717, 1.165) is 10.9 Å². The van der Waals surface area contributed by atoms with E-state index in [4.69, 9.17) is 0 Å². The predicted octanol–water partition coefficient (Wildman–Crippen LogP) is 0.870. The Morgan fingerprint density at radius 1 is 1.45 bits per heavy atom.